The summed E-state index contributed by atoms with van der Waals surface area (Å²) in [5.41, 5.74) is 1.17. The Balaban J connectivity index is 1.31. The number of aliphatic hydroxyl groups is 1. The molecule has 182 valence electrons. The van der Waals surface area contributed by atoms with Crippen LogP contribution in [-0.2, 0) is 6.54 Å². The molecule has 9 atom stereocenters. The summed E-state index contributed by atoms with van der Waals surface area (Å²) in [6.07, 6.45) is 17.2. The molecule has 1 aromatic heterocycles. The number of rotatable bonds is 5. The van der Waals surface area contributed by atoms with Crippen molar-refractivity contribution >= 4 is 0 Å². The smallest absolute Gasteiger partial charge is 0.102 e. The van der Waals surface area contributed by atoms with E-state index in [1.807, 2.05) is 10.9 Å². The monoisotopic (exact) mass is 451 g/mol. The lowest BCUT2D eigenvalue weighted by Crippen LogP contribution is -2.56. The third-order valence-electron chi connectivity index (χ3n) is 11.5. The largest absolute Gasteiger partial charge is 0.390 e. The average Bonchev–Trinajstić information content (AvgIpc) is 3.38. The van der Waals surface area contributed by atoms with E-state index in [4.69, 9.17) is 5.26 Å². The van der Waals surface area contributed by atoms with Gasteiger partial charge in [-0.25, -0.2) is 0 Å². The first-order valence-corrected chi connectivity index (χ1v) is 13.9. The van der Waals surface area contributed by atoms with Crippen molar-refractivity contribution < 1.29 is 5.11 Å². The van der Waals surface area contributed by atoms with E-state index in [2.05, 4.69) is 38.9 Å². The van der Waals surface area contributed by atoms with E-state index >= 15 is 0 Å². The molecule has 0 amide bonds. The predicted molar refractivity (Wildman–Crippen MR) is 131 cm³/mol. The lowest BCUT2D eigenvalue weighted by Gasteiger charge is -2.62. The summed E-state index contributed by atoms with van der Waals surface area (Å²) in [7, 11) is 0. The van der Waals surface area contributed by atoms with Crippen LogP contribution in [0.1, 0.15) is 104 Å². The van der Waals surface area contributed by atoms with Crippen LogP contribution in [0.15, 0.2) is 12.4 Å². The lowest BCUT2D eigenvalue weighted by atomic mass is 9.43. The van der Waals surface area contributed by atoms with Gasteiger partial charge in [0.2, 0.25) is 0 Å². The van der Waals surface area contributed by atoms with Gasteiger partial charge in [-0.05, 0) is 111 Å². The second kappa shape index (κ2) is 8.40. The molecular weight excluding hydrogens is 406 g/mol. The van der Waals surface area contributed by atoms with Crippen molar-refractivity contribution in [3.8, 4) is 6.07 Å². The van der Waals surface area contributed by atoms with Gasteiger partial charge in [0.15, 0.2) is 0 Å². The summed E-state index contributed by atoms with van der Waals surface area (Å²) in [6, 6.07) is 2.21. The highest BCUT2D eigenvalue weighted by Crippen LogP contribution is 2.69. The van der Waals surface area contributed by atoms with Crippen molar-refractivity contribution in [1.82, 2.24) is 9.78 Å². The van der Waals surface area contributed by atoms with E-state index in [1.54, 1.807) is 6.20 Å². The predicted octanol–water partition coefficient (Wildman–Crippen LogP) is 6.58. The molecule has 0 aromatic carbocycles. The Morgan fingerprint density at radius 3 is 2.64 bits per heavy atom. The molecule has 1 unspecified atom stereocenters. The maximum Gasteiger partial charge on any atom is 0.102 e. The molecule has 4 aliphatic carbocycles. The van der Waals surface area contributed by atoms with Crippen molar-refractivity contribution in [3.63, 3.8) is 0 Å². The lowest BCUT2D eigenvalue weighted by molar-refractivity contribution is -0.153. The molecule has 4 heteroatoms. The van der Waals surface area contributed by atoms with Crippen LogP contribution in [0.5, 0.6) is 0 Å². The number of fused-ring (bicyclic) bond motifs is 5. The van der Waals surface area contributed by atoms with Crippen LogP contribution in [0, 0.1) is 57.7 Å². The van der Waals surface area contributed by atoms with Gasteiger partial charge in [0.25, 0.3) is 0 Å². The van der Waals surface area contributed by atoms with E-state index in [9.17, 15) is 5.11 Å². The number of aromatic nitrogens is 2. The molecule has 1 N–H and O–H groups in total. The Morgan fingerprint density at radius 1 is 1.12 bits per heavy atom. The molecule has 4 nitrogen and oxygen atoms in total. The van der Waals surface area contributed by atoms with Crippen LogP contribution in [-0.4, -0.2) is 20.5 Å². The van der Waals surface area contributed by atoms with Crippen molar-refractivity contribution in [2.45, 2.75) is 110 Å². The van der Waals surface area contributed by atoms with E-state index in [0.717, 1.165) is 61.8 Å². The quantitative estimate of drug-likeness (QED) is 0.550. The minimum atomic E-state index is -0.388. The molecule has 0 spiro atoms. The van der Waals surface area contributed by atoms with Crippen LogP contribution in [0.4, 0.5) is 0 Å². The first-order chi connectivity index (χ1) is 15.7. The second-order valence-corrected chi connectivity index (χ2v) is 13.1. The second-order valence-electron chi connectivity index (χ2n) is 13.1. The normalized spacial score (nSPS) is 45.5. The molecule has 1 aromatic rings. The highest BCUT2D eigenvalue weighted by atomic mass is 16.3. The summed E-state index contributed by atoms with van der Waals surface area (Å²) in [5.74, 6) is 4.68. The van der Waals surface area contributed by atoms with E-state index in [1.165, 1.54) is 44.9 Å². The van der Waals surface area contributed by atoms with E-state index in [-0.39, 0.29) is 5.60 Å². The molecule has 4 aliphatic rings. The minimum Gasteiger partial charge on any atom is -0.390 e. The SMILES string of the molecule is CCC[C@@]1(O)CC[C@@]2(C)[C@H](CC[C@@H]3[C@@H]2CC[C@]2(C)C([C@@H](C)Cn4cc(C#N)cn4)CC[C@@H]32)C1. The molecule has 4 fully saturated rings. The number of nitrogens with zero attached hydrogens (tertiary/aromatic N) is 3. The minimum absolute atomic E-state index is 0.388. The highest BCUT2D eigenvalue weighted by Gasteiger charge is 2.61. The number of nitriles is 1. The fourth-order valence-electron chi connectivity index (χ4n) is 9.93. The van der Waals surface area contributed by atoms with Crippen LogP contribution >= 0.6 is 0 Å². The van der Waals surface area contributed by atoms with Crippen LogP contribution < -0.4 is 0 Å². The zero-order chi connectivity index (χ0) is 23.4. The number of hydrogen-bond donors (Lipinski definition) is 1. The maximum atomic E-state index is 11.2. The Morgan fingerprint density at radius 2 is 1.91 bits per heavy atom. The molecular formula is C29H45N3O. The Labute approximate surface area is 201 Å². The van der Waals surface area contributed by atoms with Gasteiger partial charge in [-0.15, -0.1) is 0 Å². The zero-order valence-corrected chi connectivity index (χ0v) is 21.4. The molecule has 5 rings (SSSR count). The first kappa shape index (κ1) is 23.4. The van der Waals surface area contributed by atoms with Crippen LogP contribution in [0.2, 0.25) is 0 Å². The zero-order valence-electron chi connectivity index (χ0n) is 21.4. The average molecular weight is 452 g/mol. The molecule has 0 saturated heterocycles. The molecule has 0 radical (unpaired) electrons. The topological polar surface area (TPSA) is 61.8 Å². The Hall–Kier alpha value is -1.34. The fraction of sp³-hybridized carbons (Fsp3) is 0.862. The van der Waals surface area contributed by atoms with Gasteiger partial charge in [0.1, 0.15) is 6.07 Å². The van der Waals surface area contributed by atoms with Gasteiger partial charge >= 0.3 is 0 Å². The molecule has 1 heterocycles. The van der Waals surface area contributed by atoms with Crippen LogP contribution in [0.3, 0.4) is 0 Å². The van der Waals surface area contributed by atoms with E-state index in [0.29, 0.717) is 22.3 Å². The maximum absolute atomic E-state index is 11.2. The summed E-state index contributed by atoms with van der Waals surface area (Å²) in [4.78, 5) is 0. The first-order valence-electron chi connectivity index (χ1n) is 13.9. The third-order valence-corrected chi connectivity index (χ3v) is 11.5. The fourth-order valence-corrected chi connectivity index (χ4v) is 9.93. The van der Waals surface area contributed by atoms with Gasteiger partial charge in [0.05, 0.1) is 17.4 Å². The summed E-state index contributed by atoms with van der Waals surface area (Å²) in [6.45, 7) is 10.8. The molecule has 33 heavy (non-hydrogen) atoms. The summed E-state index contributed by atoms with van der Waals surface area (Å²) >= 11 is 0. The molecule has 0 bridgehead atoms. The Kier molecular flexibility index (Phi) is 5.96. The molecule has 4 saturated carbocycles. The number of hydrogen-bond acceptors (Lipinski definition) is 3. The standard InChI is InChI=1S/C29H45N3O/c1-5-11-29(33)14-13-27(3)22(15-29)6-7-23-25-9-8-24(28(25,4)12-10-26(23)27)20(2)18-32-19-21(16-30)17-31-32/h17,19-20,22-26,33H,5-15,18H2,1-4H3/t20-,22+,23-,24?,25-,26-,27-,28+,29+/m0/s1. The van der Waals surface area contributed by atoms with Gasteiger partial charge < -0.3 is 5.11 Å². The van der Waals surface area contributed by atoms with Crippen LogP contribution in [0.25, 0.3) is 0 Å². The van der Waals surface area contributed by atoms with E-state index < -0.39 is 0 Å². The summed E-state index contributed by atoms with van der Waals surface area (Å²) < 4.78 is 2.00. The van der Waals surface area contributed by atoms with Crippen molar-refractivity contribution in [2.24, 2.45) is 46.3 Å². The Bertz CT molecular complexity index is 903. The van der Waals surface area contributed by atoms with Crippen molar-refractivity contribution in [2.75, 3.05) is 0 Å². The highest BCUT2D eigenvalue weighted by molar-refractivity contribution is 5.21. The third kappa shape index (κ3) is 3.78. The summed E-state index contributed by atoms with van der Waals surface area (Å²) in [5, 5.41) is 24.8. The van der Waals surface area contributed by atoms with Gasteiger partial charge in [0, 0.05) is 12.7 Å². The molecule has 0 aliphatic heterocycles. The van der Waals surface area contributed by atoms with Crippen molar-refractivity contribution in [1.29, 1.82) is 5.26 Å². The van der Waals surface area contributed by atoms with Gasteiger partial charge in [-0.3, -0.25) is 4.68 Å². The van der Waals surface area contributed by atoms with Gasteiger partial charge in [-0.1, -0.05) is 34.1 Å². The van der Waals surface area contributed by atoms with Gasteiger partial charge in [-0.2, -0.15) is 10.4 Å². The van der Waals surface area contributed by atoms with Crippen molar-refractivity contribution in [3.05, 3.63) is 18.0 Å².